The van der Waals surface area contributed by atoms with Gasteiger partial charge in [-0.2, -0.15) is 0 Å². The Hall–Kier alpha value is 0. The molecule has 0 aromatic carbocycles. The third-order valence-corrected chi connectivity index (χ3v) is 4.29. The van der Waals surface area contributed by atoms with Crippen molar-refractivity contribution < 1.29 is 0 Å². The van der Waals surface area contributed by atoms with Crippen LogP contribution in [0.1, 0.15) is 40.0 Å². The van der Waals surface area contributed by atoms with E-state index in [1.54, 1.807) is 0 Å². The van der Waals surface area contributed by atoms with Crippen molar-refractivity contribution in [2.24, 2.45) is 23.2 Å². The molecule has 2 atom stereocenters. The van der Waals surface area contributed by atoms with Crippen LogP contribution in [0, 0.1) is 23.2 Å². The van der Waals surface area contributed by atoms with Crippen molar-refractivity contribution in [1.29, 1.82) is 0 Å². The highest BCUT2D eigenvalue weighted by Crippen LogP contribution is 2.70. The zero-order valence-electron chi connectivity index (χ0n) is 7.35. The van der Waals surface area contributed by atoms with E-state index < -0.39 is 0 Å². The van der Waals surface area contributed by atoms with E-state index >= 15 is 0 Å². The Labute approximate surface area is 64.0 Å². The summed E-state index contributed by atoms with van der Waals surface area (Å²) in [5, 5.41) is 0. The van der Waals surface area contributed by atoms with Crippen molar-refractivity contribution in [2.75, 3.05) is 0 Å². The van der Waals surface area contributed by atoms with Gasteiger partial charge in [0.15, 0.2) is 0 Å². The van der Waals surface area contributed by atoms with Gasteiger partial charge in [-0.15, -0.1) is 0 Å². The first-order chi connectivity index (χ1) is 4.73. The SMILES string of the molecule is CCC1(C2CC2)C(C)C1C. The van der Waals surface area contributed by atoms with E-state index in [0.717, 1.165) is 23.2 Å². The molecule has 0 amide bonds. The summed E-state index contributed by atoms with van der Waals surface area (Å²) < 4.78 is 0. The molecule has 2 saturated carbocycles. The lowest BCUT2D eigenvalue weighted by molar-refractivity contribution is 0.367. The van der Waals surface area contributed by atoms with E-state index in [1.165, 1.54) is 19.3 Å². The fourth-order valence-corrected chi connectivity index (χ4v) is 3.19. The van der Waals surface area contributed by atoms with Crippen LogP contribution >= 0.6 is 0 Å². The molecule has 0 aromatic heterocycles. The van der Waals surface area contributed by atoms with Crippen molar-refractivity contribution >= 4 is 0 Å². The van der Waals surface area contributed by atoms with Gasteiger partial charge in [0.25, 0.3) is 0 Å². The Morgan fingerprint density at radius 1 is 1.20 bits per heavy atom. The first-order valence-electron chi connectivity index (χ1n) is 4.73. The van der Waals surface area contributed by atoms with Crippen LogP contribution in [-0.2, 0) is 0 Å². The zero-order chi connectivity index (χ0) is 7.35. The Morgan fingerprint density at radius 3 is 1.80 bits per heavy atom. The number of rotatable bonds is 2. The van der Waals surface area contributed by atoms with Gasteiger partial charge in [-0.05, 0) is 42.4 Å². The fourth-order valence-electron chi connectivity index (χ4n) is 3.19. The maximum atomic E-state index is 2.44. The predicted molar refractivity (Wildman–Crippen MR) is 43.8 cm³/mol. The van der Waals surface area contributed by atoms with Gasteiger partial charge in [0.05, 0.1) is 0 Å². The fraction of sp³-hybridized carbons (Fsp3) is 1.00. The van der Waals surface area contributed by atoms with Gasteiger partial charge < -0.3 is 0 Å². The van der Waals surface area contributed by atoms with Crippen LogP contribution < -0.4 is 0 Å². The molecule has 0 aliphatic heterocycles. The van der Waals surface area contributed by atoms with E-state index in [4.69, 9.17) is 0 Å². The highest BCUT2D eigenvalue weighted by molar-refractivity contribution is 5.12. The molecule has 2 fully saturated rings. The molecule has 0 heterocycles. The number of hydrogen-bond donors (Lipinski definition) is 0. The summed E-state index contributed by atoms with van der Waals surface area (Å²) in [4.78, 5) is 0. The topological polar surface area (TPSA) is 0 Å². The van der Waals surface area contributed by atoms with Gasteiger partial charge in [-0.3, -0.25) is 0 Å². The molecule has 0 spiro atoms. The molecule has 0 saturated heterocycles. The normalized spacial score (nSPS) is 53.1. The highest BCUT2D eigenvalue weighted by atomic mass is 14.7. The minimum atomic E-state index is 0.819. The van der Waals surface area contributed by atoms with Gasteiger partial charge in [-0.25, -0.2) is 0 Å². The standard InChI is InChI=1S/C10H18/c1-4-10(9-5-6-9)7(2)8(10)3/h7-9H,4-6H2,1-3H3. The van der Waals surface area contributed by atoms with E-state index in [-0.39, 0.29) is 0 Å². The Kier molecular flexibility index (Phi) is 1.19. The smallest absolute Gasteiger partial charge is 0.0215 e. The third-order valence-electron chi connectivity index (χ3n) is 4.29. The molecular formula is C10H18. The Bertz CT molecular complexity index is 131. The van der Waals surface area contributed by atoms with Gasteiger partial charge in [0.2, 0.25) is 0 Å². The average Bonchev–Trinajstić information content (AvgIpc) is 2.78. The molecular weight excluding hydrogens is 120 g/mol. The summed E-state index contributed by atoms with van der Waals surface area (Å²) in [7, 11) is 0. The van der Waals surface area contributed by atoms with Crippen molar-refractivity contribution in [2.45, 2.75) is 40.0 Å². The molecule has 10 heavy (non-hydrogen) atoms. The predicted octanol–water partition coefficient (Wildman–Crippen LogP) is 3.08. The zero-order valence-corrected chi connectivity index (χ0v) is 7.35. The van der Waals surface area contributed by atoms with E-state index in [1.807, 2.05) is 0 Å². The maximum Gasteiger partial charge on any atom is -0.0215 e. The monoisotopic (exact) mass is 138 g/mol. The van der Waals surface area contributed by atoms with Crippen molar-refractivity contribution in [3.63, 3.8) is 0 Å². The third kappa shape index (κ3) is 0.580. The number of hydrogen-bond acceptors (Lipinski definition) is 0. The van der Waals surface area contributed by atoms with E-state index in [2.05, 4.69) is 20.8 Å². The Morgan fingerprint density at radius 2 is 1.70 bits per heavy atom. The van der Waals surface area contributed by atoms with Crippen LogP contribution in [0.3, 0.4) is 0 Å². The van der Waals surface area contributed by atoms with Gasteiger partial charge in [-0.1, -0.05) is 20.8 Å². The molecule has 0 N–H and O–H groups in total. The van der Waals surface area contributed by atoms with Crippen LogP contribution in [0.5, 0.6) is 0 Å². The van der Waals surface area contributed by atoms with Gasteiger partial charge >= 0.3 is 0 Å². The van der Waals surface area contributed by atoms with E-state index in [9.17, 15) is 0 Å². The first kappa shape index (κ1) is 6.69. The molecule has 58 valence electrons. The quantitative estimate of drug-likeness (QED) is 0.550. The van der Waals surface area contributed by atoms with Crippen molar-refractivity contribution in [1.82, 2.24) is 0 Å². The van der Waals surface area contributed by atoms with Crippen molar-refractivity contribution in [3.8, 4) is 0 Å². The minimum absolute atomic E-state index is 0.819. The molecule has 2 rings (SSSR count). The second-order valence-corrected chi connectivity index (χ2v) is 4.32. The second kappa shape index (κ2) is 1.78. The van der Waals surface area contributed by atoms with Crippen LogP contribution in [0.2, 0.25) is 0 Å². The average molecular weight is 138 g/mol. The molecule has 2 aliphatic rings. The maximum absolute atomic E-state index is 2.44. The largest absolute Gasteiger partial charge is 0.0648 e. The lowest BCUT2D eigenvalue weighted by Gasteiger charge is -2.12. The van der Waals surface area contributed by atoms with Gasteiger partial charge in [0, 0.05) is 0 Å². The summed E-state index contributed by atoms with van der Waals surface area (Å²) in [6.07, 6.45) is 4.49. The van der Waals surface area contributed by atoms with Crippen molar-refractivity contribution in [3.05, 3.63) is 0 Å². The molecule has 2 unspecified atom stereocenters. The van der Waals surface area contributed by atoms with Crippen LogP contribution in [0.15, 0.2) is 0 Å². The minimum Gasteiger partial charge on any atom is -0.0648 e. The van der Waals surface area contributed by atoms with E-state index in [0.29, 0.717) is 0 Å². The highest BCUT2D eigenvalue weighted by Gasteiger charge is 2.64. The van der Waals surface area contributed by atoms with Crippen LogP contribution in [-0.4, -0.2) is 0 Å². The summed E-state index contributed by atoms with van der Waals surface area (Å²) in [6, 6.07) is 0. The Balaban J connectivity index is 2.10. The molecule has 0 radical (unpaired) electrons. The molecule has 0 aromatic rings. The summed E-state index contributed by atoms with van der Waals surface area (Å²) in [5.41, 5.74) is 0.819. The lowest BCUT2D eigenvalue weighted by atomic mass is 9.93. The summed E-state index contributed by atoms with van der Waals surface area (Å²) >= 11 is 0. The first-order valence-corrected chi connectivity index (χ1v) is 4.73. The lowest BCUT2D eigenvalue weighted by Crippen LogP contribution is -2.05. The summed E-state index contributed by atoms with van der Waals surface area (Å²) in [6.45, 7) is 7.25. The molecule has 2 aliphatic carbocycles. The molecule has 0 bridgehead atoms. The van der Waals surface area contributed by atoms with Gasteiger partial charge in [0.1, 0.15) is 0 Å². The van der Waals surface area contributed by atoms with Crippen LogP contribution in [0.25, 0.3) is 0 Å². The summed E-state index contributed by atoms with van der Waals surface area (Å²) in [5.74, 6) is 3.19. The second-order valence-electron chi connectivity index (χ2n) is 4.32. The molecule has 0 nitrogen and oxygen atoms in total. The molecule has 0 heteroatoms. The van der Waals surface area contributed by atoms with Crippen LogP contribution in [0.4, 0.5) is 0 Å².